The van der Waals surface area contributed by atoms with Crippen LogP contribution < -0.4 is 5.73 Å². The summed E-state index contributed by atoms with van der Waals surface area (Å²) in [7, 11) is 4.14. The molecule has 1 heterocycles. The maximum Gasteiger partial charge on any atom is 0.130 e. The number of fused-ring (bicyclic) bond motifs is 1. The summed E-state index contributed by atoms with van der Waals surface area (Å²) in [6, 6.07) is 0.404. The van der Waals surface area contributed by atoms with Crippen LogP contribution in [0.2, 0.25) is 0 Å². The summed E-state index contributed by atoms with van der Waals surface area (Å²) >= 11 is 12.8. The van der Waals surface area contributed by atoms with Gasteiger partial charge >= 0.3 is 0 Å². The van der Waals surface area contributed by atoms with E-state index in [2.05, 4.69) is 24.0 Å². The molecule has 6 heteroatoms. The van der Waals surface area contributed by atoms with Crippen molar-refractivity contribution in [3.05, 3.63) is 0 Å². The molecule has 2 saturated carbocycles. The fourth-order valence-corrected chi connectivity index (χ4v) is 5.50. The predicted octanol–water partition coefficient (Wildman–Crippen LogP) is 2.20. The second-order valence-corrected chi connectivity index (χ2v) is 8.71. The van der Waals surface area contributed by atoms with Crippen molar-refractivity contribution in [2.75, 3.05) is 14.1 Å². The van der Waals surface area contributed by atoms with Crippen LogP contribution in [0.5, 0.6) is 0 Å². The minimum Gasteiger partial charge on any atom is -0.385 e. The van der Waals surface area contributed by atoms with Gasteiger partial charge in [0.1, 0.15) is 11.4 Å². The molecule has 3 aliphatic rings. The molecule has 2 aliphatic carbocycles. The summed E-state index contributed by atoms with van der Waals surface area (Å²) in [6.07, 6.45) is 5.42. The lowest BCUT2D eigenvalue weighted by molar-refractivity contribution is -0.0570. The average Bonchev–Trinajstić information content (AvgIpc) is 2.71. The van der Waals surface area contributed by atoms with Gasteiger partial charge in [-0.15, -0.1) is 23.2 Å². The van der Waals surface area contributed by atoms with E-state index in [0.29, 0.717) is 5.84 Å². The number of aliphatic hydroxyl groups is 1. The van der Waals surface area contributed by atoms with Crippen LogP contribution >= 0.6 is 23.2 Å². The largest absolute Gasteiger partial charge is 0.385 e. The Morgan fingerprint density at radius 1 is 1.09 bits per heavy atom. The van der Waals surface area contributed by atoms with E-state index >= 15 is 0 Å². The molecule has 0 bridgehead atoms. The van der Waals surface area contributed by atoms with Gasteiger partial charge in [-0.2, -0.15) is 0 Å². The molecule has 1 aliphatic heterocycles. The number of alkyl halides is 2. The summed E-state index contributed by atoms with van der Waals surface area (Å²) in [4.78, 5) is 6.82. The van der Waals surface area contributed by atoms with E-state index in [0.717, 1.165) is 38.5 Å². The van der Waals surface area contributed by atoms with Crippen LogP contribution in [0.4, 0.5) is 0 Å². The molecule has 0 aromatic rings. The number of halogens is 2. The highest BCUT2D eigenvalue weighted by Gasteiger charge is 2.58. The minimum absolute atomic E-state index is 0.0273. The van der Waals surface area contributed by atoms with E-state index in [4.69, 9.17) is 28.9 Å². The molecular formula is C16H27Cl2N3O. The van der Waals surface area contributed by atoms with Gasteiger partial charge < -0.3 is 15.7 Å². The maximum atomic E-state index is 11.6. The molecule has 0 spiro atoms. The summed E-state index contributed by atoms with van der Waals surface area (Å²) in [5.74, 6) is 0.480. The van der Waals surface area contributed by atoms with Crippen molar-refractivity contribution in [1.82, 2.24) is 4.90 Å². The van der Waals surface area contributed by atoms with Crippen molar-refractivity contribution in [2.24, 2.45) is 22.6 Å². The highest BCUT2D eigenvalue weighted by Crippen LogP contribution is 2.49. The molecule has 3 N–H and O–H groups in total. The van der Waals surface area contributed by atoms with Gasteiger partial charge in [0.05, 0.1) is 6.04 Å². The number of rotatable bonds is 2. The van der Waals surface area contributed by atoms with Crippen LogP contribution in [0, 0.1) is 11.8 Å². The molecule has 0 radical (unpaired) electrons. The molecule has 7 atom stereocenters. The number of nitrogens with zero attached hydrogens (tertiary/aromatic N) is 2. The van der Waals surface area contributed by atoms with Crippen molar-refractivity contribution in [2.45, 2.75) is 67.0 Å². The lowest BCUT2D eigenvalue weighted by Crippen LogP contribution is -2.61. The van der Waals surface area contributed by atoms with Crippen LogP contribution in [0.1, 0.15) is 38.5 Å². The fourth-order valence-electron chi connectivity index (χ4n) is 4.86. The quantitative estimate of drug-likeness (QED) is 0.752. The molecule has 2 fully saturated rings. The summed E-state index contributed by atoms with van der Waals surface area (Å²) < 4.78 is 0. The molecule has 4 nitrogen and oxygen atoms in total. The second-order valence-electron chi connectivity index (χ2n) is 7.47. The highest BCUT2D eigenvalue weighted by molar-refractivity contribution is 6.21. The van der Waals surface area contributed by atoms with E-state index in [1.807, 2.05) is 0 Å². The van der Waals surface area contributed by atoms with Crippen molar-refractivity contribution < 1.29 is 5.11 Å². The summed E-state index contributed by atoms with van der Waals surface area (Å²) in [5, 5.41) is 11.9. The van der Waals surface area contributed by atoms with E-state index in [1.165, 1.54) is 0 Å². The van der Waals surface area contributed by atoms with Crippen molar-refractivity contribution in [3.63, 3.8) is 0 Å². The van der Waals surface area contributed by atoms with Gasteiger partial charge in [0.2, 0.25) is 0 Å². The monoisotopic (exact) mass is 347 g/mol. The lowest BCUT2D eigenvalue weighted by Gasteiger charge is -2.49. The fraction of sp³-hybridized carbons (Fsp3) is 0.938. The first-order valence-electron chi connectivity index (χ1n) is 8.34. The normalized spacial score (nSPS) is 49.1. The molecule has 3 rings (SSSR count). The van der Waals surface area contributed by atoms with E-state index < -0.39 is 5.60 Å². The first-order valence-corrected chi connectivity index (χ1v) is 9.22. The Kier molecular flexibility index (Phi) is 4.68. The second kappa shape index (κ2) is 6.12. The van der Waals surface area contributed by atoms with Gasteiger partial charge in [-0.1, -0.05) is 0 Å². The lowest BCUT2D eigenvalue weighted by atomic mass is 9.64. The predicted molar refractivity (Wildman–Crippen MR) is 91.8 cm³/mol. The summed E-state index contributed by atoms with van der Waals surface area (Å²) in [5.41, 5.74) is 5.20. The Morgan fingerprint density at radius 3 is 2.32 bits per heavy atom. The van der Waals surface area contributed by atoms with Crippen LogP contribution in [-0.2, 0) is 0 Å². The van der Waals surface area contributed by atoms with E-state index in [-0.39, 0.29) is 34.7 Å². The number of amidine groups is 1. The van der Waals surface area contributed by atoms with Crippen molar-refractivity contribution >= 4 is 29.0 Å². The van der Waals surface area contributed by atoms with Gasteiger partial charge in [-0.05, 0) is 52.6 Å². The van der Waals surface area contributed by atoms with Gasteiger partial charge in [0, 0.05) is 28.6 Å². The third-order valence-corrected chi connectivity index (χ3v) is 6.80. The molecule has 0 aromatic heterocycles. The van der Waals surface area contributed by atoms with Gasteiger partial charge in [0.15, 0.2) is 0 Å². The Bertz CT molecular complexity index is 459. The third-order valence-electron chi connectivity index (χ3n) is 6.01. The maximum absolute atomic E-state index is 11.6. The molecule has 22 heavy (non-hydrogen) atoms. The standard InChI is InChI=1S/C16H27Cl2N3O/c1-21(2)14-6-4-10(18)8-12(14)16(22)11-7-9(17)3-5-13(11)20-15(16)19/h9-14,22H,3-8H2,1-2H3,(H2,19,20). The zero-order valence-corrected chi connectivity index (χ0v) is 14.9. The van der Waals surface area contributed by atoms with Crippen molar-refractivity contribution in [1.29, 1.82) is 0 Å². The first kappa shape index (κ1) is 16.8. The van der Waals surface area contributed by atoms with Gasteiger partial charge in [0.25, 0.3) is 0 Å². The van der Waals surface area contributed by atoms with Crippen LogP contribution in [0.25, 0.3) is 0 Å². The Labute approximate surface area is 143 Å². The van der Waals surface area contributed by atoms with Crippen LogP contribution in [-0.4, -0.2) is 58.4 Å². The molecule has 0 amide bonds. The zero-order chi connectivity index (χ0) is 16.1. The first-order chi connectivity index (χ1) is 10.3. The molecule has 126 valence electrons. The van der Waals surface area contributed by atoms with Crippen LogP contribution in [0.15, 0.2) is 4.99 Å². The number of aliphatic imine (C=N–C) groups is 1. The minimum atomic E-state index is -1.05. The van der Waals surface area contributed by atoms with Gasteiger partial charge in [-0.25, -0.2) is 0 Å². The SMILES string of the molecule is CN(C)C1CCC(Cl)CC1C1(O)C(N)=NC2CCC(Cl)CC21. The number of hydrogen-bond acceptors (Lipinski definition) is 4. The molecule has 0 saturated heterocycles. The van der Waals surface area contributed by atoms with Crippen molar-refractivity contribution in [3.8, 4) is 0 Å². The smallest absolute Gasteiger partial charge is 0.130 e. The van der Waals surface area contributed by atoms with Crippen LogP contribution in [0.3, 0.4) is 0 Å². The Balaban J connectivity index is 1.93. The Morgan fingerprint density at radius 2 is 1.68 bits per heavy atom. The number of nitrogens with two attached hydrogens (primary N) is 1. The Hall–Kier alpha value is -0.0300. The van der Waals surface area contributed by atoms with Gasteiger partial charge in [-0.3, -0.25) is 4.99 Å². The number of hydrogen-bond donors (Lipinski definition) is 2. The topological polar surface area (TPSA) is 61.8 Å². The van der Waals surface area contributed by atoms with E-state index in [9.17, 15) is 5.11 Å². The molecular weight excluding hydrogens is 321 g/mol. The average molecular weight is 348 g/mol. The molecule has 7 unspecified atom stereocenters. The molecule has 0 aromatic carbocycles. The van der Waals surface area contributed by atoms with E-state index in [1.54, 1.807) is 0 Å². The zero-order valence-electron chi connectivity index (χ0n) is 13.4. The summed E-state index contributed by atoms with van der Waals surface area (Å²) in [6.45, 7) is 0. The highest BCUT2D eigenvalue weighted by atomic mass is 35.5. The third kappa shape index (κ3) is 2.66.